The Morgan fingerprint density at radius 1 is 1.09 bits per heavy atom. The highest BCUT2D eigenvalue weighted by Gasteiger charge is 2.20. The van der Waals surface area contributed by atoms with E-state index in [1.165, 1.54) is 0 Å². The van der Waals surface area contributed by atoms with E-state index in [-0.39, 0.29) is 24.1 Å². The van der Waals surface area contributed by atoms with E-state index in [1.54, 1.807) is 24.8 Å². The highest BCUT2D eigenvalue weighted by Crippen LogP contribution is 2.30. The van der Waals surface area contributed by atoms with E-state index in [0.29, 0.717) is 22.8 Å². The number of carbonyl (C=O) groups excluding carboxylic acids is 2. The van der Waals surface area contributed by atoms with Crippen LogP contribution in [0.3, 0.4) is 0 Å². The zero-order chi connectivity index (χ0) is 23.1. The number of rotatable bonds is 9. The SMILES string of the molecule is CCC[C@@H](C)C(=O)Nc1cccc(-c2cc(C(=O)OCC)nn2-c2ccccc2OC)c1. The fourth-order valence-electron chi connectivity index (χ4n) is 3.47. The first kappa shape index (κ1) is 23.1. The van der Waals surface area contributed by atoms with E-state index >= 15 is 0 Å². The van der Waals surface area contributed by atoms with Crippen LogP contribution in [0.15, 0.2) is 54.6 Å². The molecule has 1 aromatic heterocycles. The molecule has 7 nitrogen and oxygen atoms in total. The molecule has 0 fully saturated rings. The smallest absolute Gasteiger partial charge is 0.358 e. The second-order valence-corrected chi connectivity index (χ2v) is 7.48. The minimum absolute atomic E-state index is 0.0190. The molecule has 7 heteroatoms. The molecular weight excluding hydrogens is 406 g/mol. The molecule has 0 aliphatic rings. The van der Waals surface area contributed by atoms with Gasteiger partial charge in [-0.05, 0) is 43.7 Å². The topological polar surface area (TPSA) is 82.5 Å². The lowest BCUT2D eigenvalue weighted by Crippen LogP contribution is -2.20. The number of benzene rings is 2. The third-order valence-corrected chi connectivity index (χ3v) is 5.10. The van der Waals surface area contributed by atoms with Gasteiger partial charge in [0.25, 0.3) is 0 Å². The summed E-state index contributed by atoms with van der Waals surface area (Å²) in [7, 11) is 1.59. The second kappa shape index (κ2) is 10.6. The van der Waals surface area contributed by atoms with Gasteiger partial charge in [0.2, 0.25) is 5.91 Å². The van der Waals surface area contributed by atoms with Gasteiger partial charge in [0.1, 0.15) is 11.4 Å². The number of aromatic nitrogens is 2. The van der Waals surface area contributed by atoms with E-state index in [2.05, 4.69) is 17.3 Å². The van der Waals surface area contributed by atoms with Crippen molar-refractivity contribution in [3.8, 4) is 22.7 Å². The van der Waals surface area contributed by atoms with Gasteiger partial charge in [-0.3, -0.25) is 4.79 Å². The van der Waals surface area contributed by atoms with Crippen LogP contribution in [0.25, 0.3) is 16.9 Å². The Hall–Kier alpha value is -3.61. The van der Waals surface area contributed by atoms with Crippen molar-refractivity contribution in [1.29, 1.82) is 0 Å². The maximum atomic E-state index is 12.5. The summed E-state index contributed by atoms with van der Waals surface area (Å²) in [5.41, 5.74) is 3.03. The number of ether oxygens (including phenoxy) is 2. The summed E-state index contributed by atoms with van der Waals surface area (Å²) < 4.78 is 12.3. The minimum Gasteiger partial charge on any atom is -0.494 e. The van der Waals surface area contributed by atoms with Crippen molar-refractivity contribution in [2.75, 3.05) is 19.0 Å². The molecule has 0 saturated carbocycles. The fourth-order valence-corrected chi connectivity index (χ4v) is 3.47. The summed E-state index contributed by atoms with van der Waals surface area (Å²) >= 11 is 0. The molecule has 0 saturated heterocycles. The average Bonchev–Trinajstić information content (AvgIpc) is 3.25. The van der Waals surface area contributed by atoms with Gasteiger partial charge in [0.15, 0.2) is 5.69 Å². The molecule has 0 bridgehead atoms. The van der Waals surface area contributed by atoms with Crippen LogP contribution in [-0.2, 0) is 9.53 Å². The van der Waals surface area contributed by atoms with Gasteiger partial charge < -0.3 is 14.8 Å². The van der Waals surface area contributed by atoms with Gasteiger partial charge >= 0.3 is 5.97 Å². The molecule has 0 radical (unpaired) electrons. The predicted octanol–water partition coefficient (Wildman–Crippen LogP) is 5.10. The molecular formula is C25H29N3O4. The summed E-state index contributed by atoms with van der Waals surface area (Å²) in [6.45, 7) is 5.99. The fraction of sp³-hybridized carbons (Fsp3) is 0.320. The van der Waals surface area contributed by atoms with Crippen molar-refractivity contribution in [1.82, 2.24) is 9.78 Å². The number of esters is 1. The van der Waals surface area contributed by atoms with Crippen molar-refractivity contribution in [2.24, 2.45) is 5.92 Å². The summed E-state index contributed by atoms with van der Waals surface area (Å²) in [5, 5.41) is 7.49. The highest BCUT2D eigenvalue weighted by molar-refractivity contribution is 5.93. The lowest BCUT2D eigenvalue weighted by Gasteiger charge is -2.14. The molecule has 0 unspecified atom stereocenters. The number of para-hydroxylation sites is 2. The molecule has 0 aliphatic carbocycles. The molecule has 1 N–H and O–H groups in total. The maximum absolute atomic E-state index is 12.5. The highest BCUT2D eigenvalue weighted by atomic mass is 16.5. The molecule has 168 valence electrons. The van der Waals surface area contributed by atoms with Gasteiger partial charge in [-0.1, -0.05) is 44.5 Å². The van der Waals surface area contributed by atoms with Crippen LogP contribution in [0, 0.1) is 5.92 Å². The lowest BCUT2D eigenvalue weighted by molar-refractivity contribution is -0.119. The summed E-state index contributed by atoms with van der Waals surface area (Å²) in [6.07, 6.45) is 1.78. The van der Waals surface area contributed by atoms with E-state index in [4.69, 9.17) is 9.47 Å². The third-order valence-electron chi connectivity index (χ3n) is 5.10. The van der Waals surface area contributed by atoms with Gasteiger partial charge in [-0.25, -0.2) is 9.48 Å². The molecule has 32 heavy (non-hydrogen) atoms. The van der Waals surface area contributed by atoms with E-state index < -0.39 is 5.97 Å². The van der Waals surface area contributed by atoms with Crippen LogP contribution in [0.5, 0.6) is 5.75 Å². The number of nitrogens with one attached hydrogen (secondary N) is 1. The van der Waals surface area contributed by atoms with Crippen LogP contribution in [0.1, 0.15) is 44.1 Å². The van der Waals surface area contributed by atoms with Crippen LogP contribution in [0.2, 0.25) is 0 Å². The standard InChI is InChI=1S/C25H29N3O4/c1-5-10-17(3)24(29)26-19-12-9-11-18(15-19)22-16-20(25(30)32-6-2)27-28(22)21-13-7-8-14-23(21)31-4/h7-9,11-17H,5-6,10H2,1-4H3,(H,26,29)/t17-/m1/s1. The number of carbonyl (C=O) groups is 2. The molecule has 1 atom stereocenters. The van der Waals surface area contributed by atoms with E-state index in [1.807, 2.05) is 55.5 Å². The number of methoxy groups -OCH3 is 1. The quantitative estimate of drug-likeness (QED) is 0.473. The van der Waals surface area contributed by atoms with Crippen LogP contribution >= 0.6 is 0 Å². The Morgan fingerprint density at radius 2 is 1.88 bits per heavy atom. The van der Waals surface area contributed by atoms with Crippen molar-refractivity contribution >= 4 is 17.6 Å². The van der Waals surface area contributed by atoms with Gasteiger partial charge in [0.05, 0.1) is 19.4 Å². The Morgan fingerprint density at radius 3 is 2.59 bits per heavy atom. The van der Waals surface area contributed by atoms with Crippen molar-refractivity contribution in [3.05, 3.63) is 60.3 Å². The monoisotopic (exact) mass is 435 g/mol. The molecule has 2 aromatic carbocycles. The van der Waals surface area contributed by atoms with Crippen molar-refractivity contribution in [2.45, 2.75) is 33.6 Å². The zero-order valence-corrected chi connectivity index (χ0v) is 18.9. The Labute approximate surface area is 188 Å². The van der Waals surface area contributed by atoms with Crippen molar-refractivity contribution < 1.29 is 19.1 Å². The van der Waals surface area contributed by atoms with Crippen LogP contribution < -0.4 is 10.1 Å². The molecule has 1 heterocycles. The number of amides is 1. The zero-order valence-electron chi connectivity index (χ0n) is 18.9. The number of nitrogens with zero attached hydrogens (tertiary/aromatic N) is 2. The van der Waals surface area contributed by atoms with Crippen LogP contribution in [0.4, 0.5) is 5.69 Å². The maximum Gasteiger partial charge on any atom is 0.358 e. The lowest BCUT2D eigenvalue weighted by atomic mass is 10.0. The molecule has 0 spiro atoms. The van der Waals surface area contributed by atoms with Gasteiger partial charge in [0, 0.05) is 17.2 Å². The molecule has 1 amide bonds. The first-order valence-electron chi connectivity index (χ1n) is 10.8. The third kappa shape index (κ3) is 5.17. The first-order chi connectivity index (χ1) is 15.5. The number of hydrogen-bond donors (Lipinski definition) is 1. The Bertz CT molecular complexity index is 1090. The predicted molar refractivity (Wildman–Crippen MR) is 124 cm³/mol. The summed E-state index contributed by atoms with van der Waals surface area (Å²) in [4.78, 5) is 24.9. The largest absolute Gasteiger partial charge is 0.494 e. The first-order valence-corrected chi connectivity index (χ1v) is 10.8. The Kier molecular flexibility index (Phi) is 7.65. The van der Waals surface area contributed by atoms with Crippen LogP contribution in [-0.4, -0.2) is 35.4 Å². The molecule has 0 aliphatic heterocycles. The second-order valence-electron chi connectivity index (χ2n) is 7.48. The number of hydrogen-bond acceptors (Lipinski definition) is 5. The van der Waals surface area contributed by atoms with Gasteiger partial charge in [-0.2, -0.15) is 5.10 Å². The number of anilines is 1. The van der Waals surface area contributed by atoms with E-state index in [0.717, 1.165) is 18.4 Å². The molecule has 3 aromatic rings. The van der Waals surface area contributed by atoms with E-state index in [9.17, 15) is 9.59 Å². The summed E-state index contributed by atoms with van der Waals surface area (Å²) in [5.74, 6) is 0.0259. The molecule has 3 rings (SSSR count). The van der Waals surface area contributed by atoms with Gasteiger partial charge in [-0.15, -0.1) is 0 Å². The summed E-state index contributed by atoms with van der Waals surface area (Å²) in [6, 6.07) is 16.6. The average molecular weight is 436 g/mol. The normalized spacial score (nSPS) is 11.6. The van der Waals surface area contributed by atoms with Crippen molar-refractivity contribution in [3.63, 3.8) is 0 Å². The Balaban J connectivity index is 2.05. The minimum atomic E-state index is -0.500.